The zero-order chi connectivity index (χ0) is 15.0. The van der Waals surface area contributed by atoms with Crippen molar-refractivity contribution < 1.29 is 14.0 Å². The first-order chi connectivity index (χ1) is 9.22. The Morgan fingerprint density at radius 1 is 1.40 bits per heavy atom. The fraction of sp³-hybridized carbons (Fsp3) is 0.929. The lowest BCUT2D eigenvalue weighted by atomic mass is 10.0. The molecule has 2 atom stereocenters. The molecule has 2 heterocycles. The van der Waals surface area contributed by atoms with Crippen molar-refractivity contribution in [3.8, 4) is 0 Å². The molecule has 2 fully saturated rings. The van der Waals surface area contributed by atoms with Gasteiger partial charge in [0.25, 0.3) is 0 Å². The lowest BCUT2D eigenvalue weighted by Gasteiger charge is -2.44. The molecule has 1 N–H and O–H groups in total. The van der Waals surface area contributed by atoms with Gasteiger partial charge in [0.2, 0.25) is 0 Å². The third-order valence-corrected chi connectivity index (χ3v) is 9.34. The Labute approximate surface area is 123 Å². The molecule has 0 aromatic carbocycles. The highest BCUT2D eigenvalue weighted by atomic mass is 28.4. The molecule has 116 valence electrons. The van der Waals surface area contributed by atoms with Crippen molar-refractivity contribution in [3.05, 3.63) is 0 Å². The summed E-state index contributed by atoms with van der Waals surface area (Å²) in [6.07, 6.45) is 0.838. The highest BCUT2D eigenvalue weighted by Crippen LogP contribution is 2.38. The van der Waals surface area contributed by atoms with Crippen LogP contribution in [0.15, 0.2) is 0 Å². The molecule has 0 radical (unpaired) electrons. The minimum Gasteiger partial charge on any atom is -0.448 e. The molecule has 5 nitrogen and oxygen atoms in total. The van der Waals surface area contributed by atoms with Crippen molar-refractivity contribution in [3.63, 3.8) is 0 Å². The summed E-state index contributed by atoms with van der Waals surface area (Å²) in [7, 11) is -1.83. The Hall–Kier alpha value is -0.593. The van der Waals surface area contributed by atoms with E-state index in [2.05, 4.69) is 39.2 Å². The Bertz CT molecular complexity index is 368. The molecular formula is C14H28N2O3Si. The summed E-state index contributed by atoms with van der Waals surface area (Å²) >= 11 is 0. The minimum absolute atomic E-state index is 0.0790. The number of carbonyl (C=O) groups is 1. The molecule has 1 amide bonds. The number of cyclic esters (lactones) is 1. The van der Waals surface area contributed by atoms with E-state index in [0.717, 1.165) is 19.5 Å². The predicted molar refractivity (Wildman–Crippen MR) is 81.4 cm³/mol. The Kier molecular flexibility index (Phi) is 4.46. The van der Waals surface area contributed by atoms with E-state index < -0.39 is 8.32 Å². The number of amides is 1. The first-order valence-electron chi connectivity index (χ1n) is 7.54. The van der Waals surface area contributed by atoms with Gasteiger partial charge in [0.1, 0.15) is 6.61 Å². The van der Waals surface area contributed by atoms with E-state index in [1.165, 1.54) is 0 Å². The topological polar surface area (TPSA) is 50.8 Å². The average Bonchev–Trinajstić information content (AvgIpc) is 2.74. The van der Waals surface area contributed by atoms with Crippen LogP contribution in [-0.2, 0) is 9.16 Å². The van der Waals surface area contributed by atoms with Crippen molar-refractivity contribution in [1.29, 1.82) is 0 Å². The molecule has 20 heavy (non-hydrogen) atoms. The first kappa shape index (κ1) is 15.8. The Balaban J connectivity index is 2.09. The van der Waals surface area contributed by atoms with Gasteiger partial charge in [-0.25, -0.2) is 4.79 Å². The Morgan fingerprint density at radius 3 is 2.65 bits per heavy atom. The molecule has 0 saturated carbocycles. The van der Waals surface area contributed by atoms with Crippen LogP contribution in [-0.4, -0.2) is 57.7 Å². The zero-order valence-electron chi connectivity index (χ0n) is 13.4. The van der Waals surface area contributed by atoms with Crippen LogP contribution in [0.25, 0.3) is 0 Å². The third kappa shape index (κ3) is 3.18. The SMILES string of the molecule is CC(C)(C)[Si](C)(C)O[C@@H]1CNCC[C@@H]1N1CCOC1=O. The molecule has 0 aromatic rings. The number of nitrogens with one attached hydrogen (secondary N) is 1. The highest BCUT2D eigenvalue weighted by Gasteiger charge is 2.44. The third-order valence-electron chi connectivity index (χ3n) is 4.84. The fourth-order valence-corrected chi connectivity index (χ4v) is 3.91. The molecular weight excluding hydrogens is 272 g/mol. The number of nitrogens with zero attached hydrogens (tertiary/aromatic N) is 1. The summed E-state index contributed by atoms with van der Waals surface area (Å²) in [6, 6.07) is 0.153. The van der Waals surface area contributed by atoms with Gasteiger partial charge in [0, 0.05) is 6.54 Å². The number of ether oxygens (including phenoxy) is 1. The quantitative estimate of drug-likeness (QED) is 0.812. The minimum atomic E-state index is -1.83. The van der Waals surface area contributed by atoms with E-state index in [-0.39, 0.29) is 23.3 Å². The van der Waals surface area contributed by atoms with Gasteiger partial charge in [-0.1, -0.05) is 20.8 Å². The van der Waals surface area contributed by atoms with E-state index in [1.807, 2.05) is 4.90 Å². The van der Waals surface area contributed by atoms with Crippen LogP contribution in [0.4, 0.5) is 4.79 Å². The fourth-order valence-electron chi connectivity index (χ4n) is 2.55. The summed E-state index contributed by atoms with van der Waals surface area (Å²) in [5, 5.41) is 3.58. The van der Waals surface area contributed by atoms with Crippen molar-refractivity contribution in [1.82, 2.24) is 10.2 Å². The van der Waals surface area contributed by atoms with Crippen LogP contribution in [0.3, 0.4) is 0 Å². The van der Waals surface area contributed by atoms with Gasteiger partial charge in [-0.05, 0) is 31.1 Å². The molecule has 0 unspecified atom stereocenters. The number of rotatable bonds is 3. The largest absolute Gasteiger partial charge is 0.448 e. The zero-order valence-corrected chi connectivity index (χ0v) is 14.4. The predicted octanol–water partition coefficient (Wildman–Crippen LogP) is 2.19. The summed E-state index contributed by atoms with van der Waals surface area (Å²) in [4.78, 5) is 13.7. The number of hydrogen-bond donors (Lipinski definition) is 1. The van der Waals surface area contributed by atoms with Gasteiger partial charge < -0.3 is 14.5 Å². The average molecular weight is 300 g/mol. The smallest absolute Gasteiger partial charge is 0.410 e. The summed E-state index contributed by atoms with van der Waals surface area (Å²) in [5.74, 6) is 0. The maximum absolute atomic E-state index is 11.8. The summed E-state index contributed by atoms with van der Waals surface area (Å²) < 4.78 is 11.6. The van der Waals surface area contributed by atoms with Gasteiger partial charge in [0.05, 0.1) is 18.7 Å². The second-order valence-electron chi connectivity index (χ2n) is 7.28. The molecule has 6 heteroatoms. The van der Waals surface area contributed by atoms with E-state index in [9.17, 15) is 4.79 Å². The Morgan fingerprint density at radius 2 is 2.10 bits per heavy atom. The van der Waals surface area contributed by atoms with Gasteiger partial charge in [-0.2, -0.15) is 0 Å². The van der Waals surface area contributed by atoms with E-state index >= 15 is 0 Å². The molecule has 0 aliphatic carbocycles. The molecule has 0 aromatic heterocycles. The van der Waals surface area contributed by atoms with E-state index in [0.29, 0.717) is 13.2 Å². The van der Waals surface area contributed by atoms with Crippen LogP contribution >= 0.6 is 0 Å². The number of piperidine rings is 1. The van der Waals surface area contributed by atoms with Crippen molar-refractivity contribution in [2.24, 2.45) is 0 Å². The lowest BCUT2D eigenvalue weighted by Crippen LogP contribution is -2.58. The second-order valence-corrected chi connectivity index (χ2v) is 12.0. The normalized spacial score (nSPS) is 28.6. The van der Waals surface area contributed by atoms with Crippen LogP contribution in [0, 0.1) is 0 Å². The molecule has 2 aliphatic heterocycles. The van der Waals surface area contributed by atoms with Gasteiger partial charge in [-0.3, -0.25) is 4.90 Å². The van der Waals surface area contributed by atoms with Gasteiger partial charge >= 0.3 is 6.09 Å². The second kappa shape index (κ2) is 5.65. The van der Waals surface area contributed by atoms with Gasteiger partial charge in [0.15, 0.2) is 8.32 Å². The monoisotopic (exact) mass is 300 g/mol. The van der Waals surface area contributed by atoms with Crippen molar-refractivity contribution in [2.45, 2.75) is 57.5 Å². The maximum atomic E-state index is 11.8. The van der Waals surface area contributed by atoms with E-state index in [4.69, 9.17) is 9.16 Å². The van der Waals surface area contributed by atoms with Crippen molar-refractivity contribution in [2.75, 3.05) is 26.2 Å². The van der Waals surface area contributed by atoms with Crippen LogP contribution in [0.2, 0.25) is 18.1 Å². The highest BCUT2D eigenvalue weighted by molar-refractivity contribution is 6.74. The van der Waals surface area contributed by atoms with Crippen molar-refractivity contribution >= 4 is 14.4 Å². The van der Waals surface area contributed by atoms with Gasteiger partial charge in [-0.15, -0.1) is 0 Å². The molecule has 2 aliphatic rings. The lowest BCUT2D eigenvalue weighted by molar-refractivity contribution is 0.0570. The maximum Gasteiger partial charge on any atom is 0.410 e. The molecule has 2 saturated heterocycles. The first-order valence-corrected chi connectivity index (χ1v) is 10.4. The summed E-state index contributed by atoms with van der Waals surface area (Å²) in [5.41, 5.74) is 0. The number of carbonyl (C=O) groups excluding carboxylic acids is 1. The molecule has 0 bridgehead atoms. The van der Waals surface area contributed by atoms with Crippen LogP contribution in [0.1, 0.15) is 27.2 Å². The molecule has 2 rings (SSSR count). The molecule has 0 spiro atoms. The summed E-state index contributed by atoms with van der Waals surface area (Å²) in [6.45, 7) is 14.2. The van der Waals surface area contributed by atoms with Crippen LogP contribution in [0.5, 0.6) is 0 Å². The standard InChI is InChI=1S/C14H28N2O3Si/c1-14(2,3)20(4,5)19-12-10-15-7-6-11(12)16-8-9-18-13(16)17/h11-12,15H,6-10H2,1-5H3/t11-,12+/m0/s1. The van der Waals surface area contributed by atoms with E-state index in [1.54, 1.807) is 0 Å². The number of hydrogen-bond acceptors (Lipinski definition) is 4. The van der Waals surface area contributed by atoms with Crippen LogP contribution < -0.4 is 5.32 Å².